The number of hydrogen-bond donors (Lipinski definition) is 0. The van der Waals surface area contributed by atoms with Gasteiger partial charge in [0.2, 0.25) is 0 Å². The van der Waals surface area contributed by atoms with Gasteiger partial charge in [-0.1, -0.05) is 34.8 Å². The van der Waals surface area contributed by atoms with Crippen molar-refractivity contribution in [3.63, 3.8) is 0 Å². The number of amides is 1. The van der Waals surface area contributed by atoms with Crippen LogP contribution in [0, 0.1) is 11.3 Å². The number of benzene rings is 1. The van der Waals surface area contributed by atoms with E-state index in [2.05, 4.69) is 6.07 Å². The van der Waals surface area contributed by atoms with Crippen molar-refractivity contribution in [1.82, 2.24) is 4.90 Å². The molecule has 8 heteroatoms. The second-order valence-corrected chi connectivity index (χ2v) is 8.03. The van der Waals surface area contributed by atoms with Crippen LogP contribution in [0.5, 0.6) is 0 Å². The minimum Gasteiger partial charge on any atom is -0.381 e. The lowest BCUT2D eigenvalue weighted by Gasteiger charge is -2.33. The van der Waals surface area contributed by atoms with Crippen molar-refractivity contribution < 1.29 is 9.53 Å². The van der Waals surface area contributed by atoms with Gasteiger partial charge < -0.3 is 9.64 Å². The standard InChI is InChI=1S/C17H15Cl3N2O2S/c18-10-8-12(19)14-13(9-10)25-16(15(14)20)17(23)22(5-1-4-21)11-2-6-24-7-3-11/h8-9,11H,1-3,5-7H2. The van der Waals surface area contributed by atoms with Crippen molar-refractivity contribution in [3.05, 3.63) is 32.1 Å². The first-order chi connectivity index (χ1) is 12.0. The molecule has 1 aromatic heterocycles. The summed E-state index contributed by atoms with van der Waals surface area (Å²) < 4.78 is 6.16. The Morgan fingerprint density at radius 3 is 2.72 bits per heavy atom. The molecule has 0 atom stereocenters. The van der Waals surface area contributed by atoms with E-state index in [4.69, 9.17) is 44.8 Å². The maximum absolute atomic E-state index is 13.2. The first-order valence-corrected chi connectivity index (χ1v) is 9.80. The molecule has 1 amide bonds. The van der Waals surface area contributed by atoms with Crippen LogP contribution < -0.4 is 0 Å². The lowest BCUT2D eigenvalue weighted by Crippen LogP contribution is -2.43. The van der Waals surface area contributed by atoms with E-state index in [1.54, 1.807) is 17.0 Å². The Morgan fingerprint density at radius 1 is 1.32 bits per heavy atom. The Labute approximate surface area is 164 Å². The highest BCUT2D eigenvalue weighted by molar-refractivity contribution is 7.21. The third-order valence-corrected chi connectivity index (χ3v) is 6.33. The molecule has 25 heavy (non-hydrogen) atoms. The number of fused-ring (bicyclic) bond motifs is 1. The van der Waals surface area contributed by atoms with Gasteiger partial charge in [0.1, 0.15) is 4.88 Å². The minimum absolute atomic E-state index is 0.0509. The zero-order valence-corrected chi connectivity index (χ0v) is 16.3. The van der Waals surface area contributed by atoms with Gasteiger partial charge in [0.05, 0.1) is 22.5 Å². The SMILES string of the molecule is N#CCCN(C(=O)c1sc2cc(Cl)cc(Cl)c2c1Cl)C1CCOCC1. The highest BCUT2D eigenvalue weighted by Crippen LogP contribution is 2.42. The van der Waals surface area contributed by atoms with E-state index in [0.717, 1.165) is 17.5 Å². The predicted octanol–water partition coefficient (Wildman–Crippen LogP) is 5.40. The molecule has 2 aromatic rings. The van der Waals surface area contributed by atoms with Crippen LogP contribution in [0.2, 0.25) is 15.1 Å². The number of nitrogens with zero attached hydrogens (tertiary/aromatic N) is 2. The Morgan fingerprint density at radius 2 is 2.04 bits per heavy atom. The number of ether oxygens (including phenoxy) is 1. The number of hydrogen-bond acceptors (Lipinski definition) is 4. The fourth-order valence-corrected chi connectivity index (χ4v) is 5.33. The Kier molecular flexibility index (Phi) is 6.08. The highest BCUT2D eigenvalue weighted by Gasteiger charge is 2.29. The van der Waals surface area contributed by atoms with Crippen molar-refractivity contribution in [2.75, 3.05) is 19.8 Å². The number of rotatable bonds is 4. The molecule has 1 aliphatic heterocycles. The van der Waals surface area contributed by atoms with Gasteiger partial charge in [-0.25, -0.2) is 0 Å². The topological polar surface area (TPSA) is 53.3 Å². The average Bonchev–Trinajstić information content (AvgIpc) is 2.92. The monoisotopic (exact) mass is 416 g/mol. The summed E-state index contributed by atoms with van der Waals surface area (Å²) in [6.07, 6.45) is 1.79. The van der Waals surface area contributed by atoms with Crippen LogP contribution in [0.4, 0.5) is 0 Å². The molecule has 1 fully saturated rings. The smallest absolute Gasteiger partial charge is 0.265 e. The molecule has 0 saturated carbocycles. The minimum atomic E-state index is -0.166. The summed E-state index contributed by atoms with van der Waals surface area (Å²) in [4.78, 5) is 15.3. The number of carbonyl (C=O) groups excluding carboxylic acids is 1. The van der Waals surface area contributed by atoms with Crippen LogP contribution in [0.1, 0.15) is 28.9 Å². The molecule has 1 aliphatic rings. The largest absolute Gasteiger partial charge is 0.381 e. The number of carbonyl (C=O) groups is 1. The maximum Gasteiger partial charge on any atom is 0.265 e. The summed E-state index contributed by atoms with van der Waals surface area (Å²) in [5, 5.41) is 10.9. The van der Waals surface area contributed by atoms with E-state index in [1.165, 1.54) is 11.3 Å². The Bertz CT molecular complexity index is 841. The molecule has 0 bridgehead atoms. The lowest BCUT2D eigenvalue weighted by molar-refractivity contribution is 0.0299. The second kappa shape index (κ2) is 8.11. The summed E-state index contributed by atoms with van der Waals surface area (Å²) in [5.41, 5.74) is 0. The lowest BCUT2D eigenvalue weighted by atomic mass is 10.1. The average molecular weight is 418 g/mol. The van der Waals surface area contributed by atoms with Gasteiger partial charge in [0, 0.05) is 40.9 Å². The van der Waals surface area contributed by atoms with E-state index in [9.17, 15) is 4.79 Å². The van der Waals surface area contributed by atoms with Gasteiger partial charge in [-0.3, -0.25) is 4.79 Å². The summed E-state index contributed by atoms with van der Waals surface area (Å²) >= 11 is 20.1. The zero-order valence-electron chi connectivity index (χ0n) is 13.2. The van der Waals surface area contributed by atoms with Gasteiger partial charge in [-0.05, 0) is 25.0 Å². The Balaban J connectivity index is 1.98. The second-order valence-electron chi connectivity index (χ2n) is 5.76. The molecule has 4 nitrogen and oxygen atoms in total. The Hall–Kier alpha value is -1.03. The van der Waals surface area contributed by atoms with Crippen molar-refractivity contribution in [1.29, 1.82) is 5.26 Å². The van der Waals surface area contributed by atoms with Crippen molar-refractivity contribution >= 4 is 62.1 Å². The van der Waals surface area contributed by atoms with Crippen LogP contribution in [-0.2, 0) is 4.74 Å². The van der Waals surface area contributed by atoms with Gasteiger partial charge in [-0.15, -0.1) is 11.3 Å². The first-order valence-electron chi connectivity index (χ1n) is 7.85. The maximum atomic E-state index is 13.2. The van der Waals surface area contributed by atoms with Crippen molar-refractivity contribution in [2.24, 2.45) is 0 Å². The zero-order chi connectivity index (χ0) is 18.0. The van der Waals surface area contributed by atoms with Crippen LogP contribution in [0.25, 0.3) is 10.1 Å². The molecule has 1 aromatic carbocycles. The van der Waals surface area contributed by atoms with Crippen LogP contribution >= 0.6 is 46.1 Å². The fourth-order valence-electron chi connectivity index (χ4n) is 3.00. The van der Waals surface area contributed by atoms with Gasteiger partial charge in [0.25, 0.3) is 5.91 Å². The predicted molar refractivity (Wildman–Crippen MR) is 102 cm³/mol. The van der Waals surface area contributed by atoms with E-state index >= 15 is 0 Å². The molecule has 0 radical (unpaired) electrons. The number of nitriles is 1. The molecule has 132 valence electrons. The summed E-state index contributed by atoms with van der Waals surface area (Å²) in [6.45, 7) is 1.60. The molecule has 0 N–H and O–H groups in total. The summed E-state index contributed by atoms with van der Waals surface area (Å²) in [5.74, 6) is -0.166. The molecular weight excluding hydrogens is 403 g/mol. The number of thiophene rings is 1. The molecule has 0 spiro atoms. The van der Waals surface area contributed by atoms with E-state index in [-0.39, 0.29) is 18.4 Å². The van der Waals surface area contributed by atoms with Crippen molar-refractivity contribution in [2.45, 2.75) is 25.3 Å². The molecule has 3 rings (SSSR count). The molecule has 0 aliphatic carbocycles. The van der Waals surface area contributed by atoms with Gasteiger partial charge in [-0.2, -0.15) is 5.26 Å². The summed E-state index contributed by atoms with van der Waals surface area (Å²) in [7, 11) is 0. The van der Waals surface area contributed by atoms with E-state index in [1.807, 2.05) is 0 Å². The van der Waals surface area contributed by atoms with Crippen molar-refractivity contribution in [3.8, 4) is 6.07 Å². The van der Waals surface area contributed by atoms with E-state index < -0.39 is 0 Å². The number of halogens is 3. The van der Waals surface area contributed by atoms with Crippen LogP contribution in [0.15, 0.2) is 12.1 Å². The van der Waals surface area contributed by atoms with Gasteiger partial charge >= 0.3 is 0 Å². The fraction of sp³-hybridized carbons (Fsp3) is 0.412. The van der Waals surface area contributed by atoms with E-state index in [0.29, 0.717) is 45.1 Å². The van der Waals surface area contributed by atoms with Gasteiger partial charge in [0.15, 0.2) is 0 Å². The third-order valence-electron chi connectivity index (χ3n) is 4.20. The summed E-state index contributed by atoms with van der Waals surface area (Å²) in [6, 6.07) is 5.53. The van der Waals surface area contributed by atoms with Crippen LogP contribution in [0.3, 0.4) is 0 Å². The normalized spacial score (nSPS) is 15.3. The molecular formula is C17H15Cl3N2O2S. The third kappa shape index (κ3) is 3.89. The highest BCUT2D eigenvalue weighted by atomic mass is 35.5. The molecule has 2 heterocycles. The molecule has 0 unspecified atom stereocenters. The van der Waals surface area contributed by atoms with Crippen LogP contribution in [-0.4, -0.2) is 36.6 Å². The first kappa shape index (κ1) is 18.8. The molecule has 1 saturated heterocycles. The quantitative estimate of drug-likeness (QED) is 0.669.